The molecule has 3 heterocycles. The van der Waals surface area contributed by atoms with Gasteiger partial charge in [-0.15, -0.1) is 10.2 Å². The Balaban J connectivity index is 1.75. The molecule has 1 saturated heterocycles. The van der Waals surface area contributed by atoms with Crippen LogP contribution in [-0.2, 0) is 11.3 Å². The van der Waals surface area contributed by atoms with Crippen molar-refractivity contribution in [3.8, 4) is 0 Å². The second-order valence-electron chi connectivity index (χ2n) is 7.09. The second kappa shape index (κ2) is 8.26. The summed E-state index contributed by atoms with van der Waals surface area (Å²) in [7, 11) is 0. The lowest BCUT2D eigenvalue weighted by atomic mass is 10.2. The molecule has 1 aliphatic rings. The van der Waals surface area contributed by atoms with Gasteiger partial charge in [-0.1, -0.05) is 25.6 Å². The predicted octanol–water partition coefficient (Wildman–Crippen LogP) is 2.69. The van der Waals surface area contributed by atoms with Gasteiger partial charge in [0.15, 0.2) is 10.9 Å². The van der Waals surface area contributed by atoms with E-state index in [0.717, 1.165) is 47.7 Å². The van der Waals surface area contributed by atoms with Gasteiger partial charge in [-0.2, -0.15) is 0 Å². The molecule has 0 aliphatic carbocycles. The number of ketones is 1. The summed E-state index contributed by atoms with van der Waals surface area (Å²) in [5, 5.41) is 9.59. The molecule has 0 unspecified atom stereocenters. The van der Waals surface area contributed by atoms with Crippen LogP contribution >= 0.6 is 11.8 Å². The lowest BCUT2D eigenvalue weighted by Gasteiger charge is -2.28. The van der Waals surface area contributed by atoms with Crippen LogP contribution < -0.4 is 4.90 Å². The van der Waals surface area contributed by atoms with E-state index in [0.29, 0.717) is 24.9 Å². The highest BCUT2D eigenvalue weighted by Gasteiger charge is 2.22. The van der Waals surface area contributed by atoms with Crippen molar-refractivity contribution < 1.29 is 9.53 Å². The lowest BCUT2D eigenvalue weighted by Crippen LogP contribution is -2.38. The maximum atomic E-state index is 12.6. The summed E-state index contributed by atoms with van der Waals surface area (Å²) >= 11 is 1.46. The molecule has 1 N–H and O–H groups in total. The summed E-state index contributed by atoms with van der Waals surface area (Å²) in [5.41, 5.74) is 2.69. The zero-order valence-corrected chi connectivity index (χ0v) is 16.7. The molecule has 0 aromatic carbocycles. The average Bonchev–Trinajstić information content (AvgIpc) is 3.15. The monoisotopic (exact) mass is 377 g/mol. The zero-order valence-electron chi connectivity index (χ0n) is 15.9. The number of morpholine rings is 1. The molecular weight excluding hydrogens is 350 g/mol. The minimum absolute atomic E-state index is 0.115. The molecule has 8 heteroatoms. The van der Waals surface area contributed by atoms with Crippen LogP contribution in [0.2, 0.25) is 0 Å². The summed E-state index contributed by atoms with van der Waals surface area (Å²) < 4.78 is 7.58. The molecule has 3 rings (SSSR count). The normalized spacial score (nSPS) is 15.0. The van der Waals surface area contributed by atoms with Crippen molar-refractivity contribution in [2.45, 2.75) is 39.4 Å². The first-order chi connectivity index (χ1) is 12.5. The molecule has 0 atom stereocenters. The second-order valence-corrected chi connectivity index (χ2v) is 8.03. The SMILES string of the molecule is Cc1cc(C(=O)CSc2nnc(N3CCOCC3)n2CC(C)C)c(C)[nH]1. The highest BCUT2D eigenvalue weighted by atomic mass is 32.2. The summed E-state index contributed by atoms with van der Waals surface area (Å²) in [5.74, 6) is 1.82. The van der Waals surface area contributed by atoms with E-state index >= 15 is 0 Å². The summed E-state index contributed by atoms with van der Waals surface area (Å²) in [6.07, 6.45) is 0. The standard InChI is InChI=1S/C18H27N5O2S/c1-12(2)10-23-17(22-5-7-25-8-6-22)20-21-18(23)26-11-16(24)15-9-13(3)19-14(15)4/h9,12,19H,5-8,10-11H2,1-4H3. The van der Waals surface area contributed by atoms with Crippen LogP contribution in [0.25, 0.3) is 0 Å². The molecule has 0 radical (unpaired) electrons. The third-order valence-corrected chi connectivity index (χ3v) is 5.29. The minimum atomic E-state index is 0.115. The van der Waals surface area contributed by atoms with Gasteiger partial charge in [-0.05, 0) is 25.8 Å². The summed E-state index contributed by atoms with van der Waals surface area (Å²) in [4.78, 5) is 18.0. The van der Waals surface area contributed by atoms with Gasteiger partial charge in [0.1, 0.15) is 0 Å². The zero-order chi connectivity index (χ0) is 18.7. The fourth-order valence-electron chi connectivity index (χ4n) is 3.13. The van der Waals surface area contributed by atoms with Crippen LogP contribution in [0, 0.1) is 19.8 Å². The topological polar surface area (TPSA) is 76.0 Å². The van der Waals surface area contributed by atoms with Gasteiger partial charge in [0.05, 0.1) is 19.0 Å². The smallest absolute Gasteiger partial charge is 0.228 e. The molecule has 7 nitrogen and oxygen atoms in total. The molecule has 2 aromatic rings. The van der Waals surface area contributed by atoms with E-state index in [2.05, 4.69) is 38.5 Å². The van der Waals surface area contributed by atoms with Gasteiger partial charge >= 0.3 is 0 Å². The highest BCUT2D eigenvalue weighted by molar-refractivity contribution is 7.99. The number of nitrogens with one attached hydrogen (secondary N) is 1. The van der Waals surface area contributed by atoms with Crippen LogP contribution in [0.3, 0.4) is 0 Å². The van der Waals surface area contributed by atoms with E-state index in [1.807, 2.05) is 19.9 Å². The van der Waals surface area contributed by atoms with Gasteiger partial charge < -0.3 is 14.6 Å². The number of Topliss-reactive ketones (excluding diaryl/α,β-unsaturated/α-hetero) is 1. The highest BCUT2D eigenvalue weighted by Crippen LogP contribution is 2.25. The molecule has 26 heavy (non-hydrogen) atoms. The Kier molecular flexibility index (Phi) is 6.03. The molecule has 1 fully saturated rings. The van der Waals surface area contributed by atoms with Crippen LogP contribution in [0.1, 0.15) is 35.6 Å². The van der Waals surface area contributed by atoms with Crippen molar-refractivity contribution in [3.63, 3.8) is 0 Å². The van der Waals surface area contributed by atoms with Crippen LogP contribution in [0.15, 0.2) is 11.2 Å². The molecule has 142 valence electrons. The molecule has 0 amide bonds. The largest absolute Gasteiger partial charge is 0.378 e. The fourth-order valence-corrected chi connectivity index (χ4v) is 3.96. The number of hydrogen-bond acceptors (Lipinski definition) is 6. The number of aromatic nitrogens is 4. The first kappa shape index (κ1) is 19.0. The predicted molar refractivity (Wildman–Crippen MR) is 103 cm³/mol. The van der Waals surface area contributed by atoms with Crippen molar-refractivity contribution >= 4 is 23.5 Å². The Labute approximate surface area is 158 Å². The van der Waals surface area contributed by atoms with Crippen molar-refractivity contribution in [2.75, 3.05) is 37.0 Å². The van der Waals surface area contributed by atoms with E-state index in [9.17, 15) is 4.79 Å². The third-order valence-electron chi connectivity index (χ3n) is 4.32. The minimum Gasteiger partial charge on any atom is -0.378 e. The van der Waals surface area contributed by atoms with Crippen LogP contribution in [0.5, 0.6) is 0 Å². The number of nitrogens with zero attached hydrogens (tertiary/aromatic N) is 4. The van der Waals surface area contributed by atoms with Gasteiger partial charge in [-0.3, -0.25) is 9.36 Å². The maximum Gasteiger partial charge on any atom is 0.228 e. The summed E-state index contributed by atoms with van der Waals surface area (Å²) in [6, 6.07) is 1.91. The third kappa shape index (κ3) is 4.29. The Morgan fingerprint density at radius 1 is 1.31 bits per heavy atom. The molecule has 2 aromatic heterocycles. The molecule has 1 aliphatic heterocycles. The number of H-pyrrole nitrogens is 1. The number of ether oxygens (including phenoxy) is 1. The number of carbonyl (C=O) groups excluding carboxylic acids is 1. The van der Waals surface area contributed by atoms with E-state index in [1.165, 1.54) is 11.8 Å². The van der Waals surface area contributed by atoms with Gasteiger partial charge in [0, 0.05) is 36.6 Å². The Morgan fingerprint density at radius 3 is 2.65 bits per heavy atom. The van der Waals surface area contributed by atoms with Crippen LogP contribution in [-0.4, -0.2) is 57.6 Å². The number of carbonyl (C=O) groups is 1. The quantitative estimate of drug-likeness (QED) is 0.591. The number of hydrogen-bond donors (Lipinski definition) is 1. The number of thioether (sulfide) groups is 1. The van der Waals surface area contributed by atoms with E-state index in [1.54, 1.807) is 0 Å². The van der Waals surface area contributed by atoms with Crippen molar-refractivity contribution in [1.82, 2.24) is 19.7 Å². The number of aryl methyl sites for hydroxylation is 2. The van der Waals surface area contributed by atoms with Crippen molar-refractivity contribution in [3.05, 3.63) is 23.0 Å². The number of aromatic amines is 1. The van der Waals surface area contributed by atoms with Gasteiger partial charge in [0.2, 0.25) is 5.95 Å². The van der Waals surface area contributed by atoms with Crippen molar-refractivity contribution in [2.24, 2.45) is 5.92 Å². The van der Waals surface area contributed by atoms with E-state index < -0.39 is 0 Å². The maximum absolute atomic E-state index is 12.6. The molecule has 0 saturated carbocycles. The fraction of sp³-hybridized carbons (Fsp3) is 0.611. The lowest BCUT2D eigenvalue weighted by molar-refractivity contribution is 0.102. The van der Waals surface area contributed by atoms with Gasteiger partial charge in [0.25, 0.3) is 0 Å². The summed E-state index contributed by atoms with van der Waals surface area (Å²) in [6.45, 7) is 12.1. The number of anilines is 1. The average molecular weight is 378 g/mol. The first-order valence-electron chi connectivity index (χ1n) is 9.03. The molecular formula is C18H27N5O2S. The van der Waals surface area contributed by atoms with Crippen LogP contribution in [0.4, 0.5) is 5.95 Å². The molecule has 0 bridgehead atoms. The van der Waals surface area contributed by atoms with E-state index in [4.69, 9.17) is 4.74 Å². The Hall–Kier alpha value is -1.80. The number of rotatable bonds is 7. The molecule has 0 spiro atoms. The van der Waals surface area contributed by atoms with Crippen molar-refractivity contribution in [1.29, 1.82) is 0 Å². The Morgan fingerprint density at radius 2 is 2.04 bits per heavy atom. The van der Waals surface area contributed by atoms with E-state index in [-0.39, 0.29) is 5.78 Å². The Bertz CT molecular complexity index is 762. The van der Waals surface area contributed by atoms with Gasteiger partial charge in [-0.25, -0.2) is 0 Å². The first-order valence-corrected chi connectivity index (χ1v) is 10.0.